The van der Waals surface area contributed by atoms with Crippen LogP contribution in [0.25, 0.3) is 0 Å². The number of aryl methyl sites for hydroxylation is 1. The topological polar surface area (TPSA) is 81.7 Å². The zero-order valence-corrected chi connectivity index (χ0v) is 14.8. The lowest BCUT2D eigenvalue weighted by Crippen LogP contribution is -2.31. The summed E-state index contributed by atoms with van der Waals surface area (Å²) in [4.78, 5) is 35.7. The number of nitrogens with one attached hydrogen (secondary N) is 1. The van der Waals surface area contributed by atoms with Crippen molar-refractivity contribution in [2.75, 3.05) is 20.3 Å². The van der Waals surface area contributed by atoms with Crippen molar-refractivity contribution in [3.8, 4) is 5.75 Å². The number of methoxy groups -OCH3 is 1. The maximum absolute atomic E-state index is 12.0. The summed E-state index contributed by atoms with van der Waals surface area (Å²) in [6, 6.07) is 13.7. The summed E-state index contributed by atoms with van der Waals surface area (Å²) < 4.78 is 9.96. The molecule has 1 amide bonds. The molecule has 0 aliphatic rings. The summed E-state index contributed by atoms with van der Waals surface area (Å²) in [6.07, 6.45) is 0.885. The molecule has 0 heterocycles. The molecule has 2 rings (SSSR count). The molecule has 1 N–H and O–H groups in total. The first-order valence-corrected chi connectivity index (χ1v) is 8.23. The van der Waals surface area contributed by atoms with Gasteiger partial charge in [0.1, 0.15) is 12.3 Å². The molecule has 0 unspecified atom stereocenters. The highest BCUT2D eigenvalue weighted by atomic mass is 16.5. The van der Waals surface area contributed by atoms with Gasteiger partial charge in [-0.15, -0.1) is 0 Å². The van der Waals surface area contributed by atoms with Crippen LogP contribution in [0.5, 0.6) is 5.75 Å². The molecule has 0 fully saturated rings. The Labute approximate surface area is 152 Å². The lowest BCUT2D eigenvalue weighted by atomic mass is 10.1. The number of hydrogen-bond acceptors (Lipinski definition) is 5. The van der Waals surface area contributed by atoms with E-state index in [4.69, 9.17) is 9.47 Å². The number of amides is 1. The minimum absolute atomic E-state index is 0.292. The van der Waals surface area contributed by atoms with Crippen LogP contribution in [-0.4, -0.2) is 37.9 Å². The molecule has 0 atom stereocenters. The Balaban J connectivity index is 1.79. The number of Topliss-reactive ketones (excluding diaryl/α,β-unsaturated/α-hetero) is 1. The van der Waals surface area contributed by atoms with Crippen LogP contribution < -0.4 is 10.1 Å². The largest absolute Gasteiger partial charge is 0.497 e. The van der Waals surface area contributed by atoms with Gasteiger partial charge in [-0.3, -0.25) is 14.4 Å². The van der Waals surface area contributed by atoms with Gasteiger partial charge in [0, 0.05) is 11.1 Å². The van der Waals surface area contributed by atoms with E-state index in [0.717, 1.165) is 12.0 Å². The molecular formula is C20H21NO5. The quantitative estimate of drug-likeness (QED) is 0.581. The predicted octanol–water partition coefficient (Wildman–Crippen LogP) is 2.41. The molecule has 0 aromatic heterocycles. The van der Waals surface area contributed by atoms with Crippen LogP contribution in [0.3, 0.4) is 0 Å². The number of ketones is 1. The summed E-state index contributed by atoms with van der Waals surface area (Å²) in [7, 11) is 1.50. The van der Waals surface area contributed by atoms with E-state index in [9.17, 15) is 14.4 Å². The molecule has 26 heavy (non-hydrogen) atoms. The number of hydrogen-bond donors (Lipinski definition) is 1. The van der Waals surface area contributed by atoms with Crippen molar-refractivity contribution in [3.63, 3.8) is 0 Å². The van der Waals surface area contributed by atoms with E-state index in [1.54, 1.807) is 36.4 Å². The van der Waals surface area contributed by atoms with Gasteiger partial charge in [-0.2, -0.15) is 0 Å². The number of carbonyl (C=O) groups excluding carboxylic acids is 3. The summed E-state index contributed by atoms with van der Waals surface area (Å²) in [6.45, 7) is 1.34. The fraction of sp³-hybridized carbons (Fsp3) is 0.250. The third kappa shape index (κ3) is 5.44. The SMILES string of the molecule is CCc1ccc(C(=O)COC(=O)CNC(=O)c2cccc(OC)c2)cc1. The molecule has 0 spiro atoms. The molecule has 6 nitrogen and oxygen atoms in total. The average Bonchev–Trinajstić information content (AvgIpc) is 2.70. The van der Waals surface area contributed by atoms with Gasteiger partial charge in [-0.05, 0) is 30.2 Å². The van der Waals surface area contributed by atoms with E-state index in [1.165, 1.54) is 7.11 Å². The smallest absolute Gasteiger partial charge is 0.325 e. The molecule has 0 saturated heterocycles. The average molecular weight is 355 g/mol. The van der Waals surface area contributed by atoms with E-state index < -0.39 is 11.9 Å². The van der Waals surface area contributed by atoms with Gasteiger partial charge in [0.05, 0.1) is 7.11 Å². The van der Waals surface area contributed by atoms with Crippen LogP contribution in [-0.2, 0) is 16.0 Å². The van der Waals surface area contributed by atoms with Crippen LogP contribution in [0.1, 0.15) is 33.2 Å². The van der Waals surface area contributed by atoms with E-state index in [-0.39, 0.29) is 18.9 Å². The molecule has 136 valence electrons. The highest BCUT2D eigenvalue weighted by Gasteiger charge is 2.12. The monoisotopic (exact) mass is 355 g/mol. The maximum atomic E-state index is 12.0. The van der Waals surface area contributed by atoms with Crippen LogP contribution in [0.4, 0.5) is 0 Å². The van der Waals surface area contributed by atoms with Gasteiger partial charge in [-0.25, -0.2) is 0 Å². The maximum Gasteiger partial charge on any atom is 0.325 e. The molecular weight excluding hydrogens is 334 g/mol. The van der Waals surface area contributed by atoms with Crippen molar-refractivity contribution >= 4 is 17.7 Å². The van der Waals surface area contributed by atoms with E-state index in [2.05, 4.69) is 5.32 Å². The Morgan fingerprint density at radius 1 is 1.00 bits per heavy atom. The van der Waals surface area contributed by atoms with Crippen LogP contribution in [0.2, 0.25) is 0 Å². The van der Waals surface area contributed by atoms with E-state index >= 15 is 0 Å². The second kappa shape index (κ2) is 9.36. The fourth-order valence-corrected chi connectivity index (χ4v) is 2.23. The van der Waals surface area contributed by atoms with Crippen molar-refractivity contribution in [3.05, 3.63) is 65.2 Å². The van der Waals surface area contributed by atoms with Crippen LogP contribution >= 0.6 is 0 Å². The minimum atomic E-state index is -0.681. The van der Waals surface area contributed by atoms with Gasteiger partial charge >= 0.3 is 5.97 Å². The fourth-order valence-electron chi connectivity index (χ4n) is 2.23. The van der Waals surface area contributed by atoms with Gasteiger partial charge in [0.15, 0.2) is 12.4 Å². The third-order valence-electron chi connectivity index (χ3n) is 3.77. The first-order valence-electron chi connectivity index (χ1n) is 8.23. The van der Waals surface area contributed by atoms with Crippen molar-refractivity contribution in [1.29, 1.82) is 0 Å². The highest BCUT2D eigenvalue weighted by Crippen LogP contribution is 2.12. The Morgan fingerprint density at radius 2 is 1.73 bits per heavy atom. The predicted molar refractivity (Wildman–Crippen MR) is 96.4 cm³/mol. The molecule has 0 aliphatic heterocycles. The Morgan fingerprint density at radius 3 is 2.38 bits per heavy atom. The van der Waals surface area contributed by atoms with Gasteiger partial charge in [-0.1, -0.05) is 37.3 Å². The first kappa shape index (κ1) is 19.2. The standard InChI is InChI=1S/C20H21NO5/c1-3-14-7-9-15(10-8-14)18(22)13-26-19(23)12-21-20(24)16-5-4-6-17(11-16)25-2/h4-11H,3,12-13H2,1-2H3,(H,21,24). The van der Waals surface area contributed by atoms with Crippen LogP contribution in [0, 0.1) is 0 Å². The lowest BCUT2D eigenvalue weighted by Gasteiger charge is -2.07. The molecule has 0 bridgehead atoms. The number of benzene rings is 2. The van der Waals surface area contributed by atoms with Crippen molar-refractivity contribution < 1.29 is 23.9 Å². The Kier molecular flexibility index (Phi) is 6.91. The zero-order valence-electron chi connectivity index (χ0n) is 14.8. The number of rotatable bonds is 8. The lowest BCUT2D eigenvalue weighted by molar-refractivity contribution is -0.141. The summed E-state index contributed by atoms with van der Waals surface area (Å²) in [5.74, 6) is -0.859. The van der Waals surface area contributed by atoms with Crippen molar-refractivity contribution in [2.45, 2.75) is 13.3 Å². The molecule has 2 aromatic rings. The van der Waals surface area contributed by atoms with E-state index in [1.807, 2.05) is 19.1 Å². The normalized spacial score (nSPS) is 10.1. The number of ether oxygens (including phenoxy) is 2. The van der Waals surface area contributed by atoms with Crippen LogP contribution in [0.15, 0.2) is 48.5 Å². The highest BCUT2D eigenvalue weighted by molar-refractivity contribution is 5.99. The minimum Gasteiger partial charge on any atom is -0.497 e. The third-order valence-corrected chi connectivity index (χ3v) is 3.77. The molecule has 2 aromatic carbocycles. The summed E-state index contributed by atoms with van der Waals surface area (Å²) in [5.41, 5.74) is 1.97. The molecule has 0 saturated carbocycles. The van der Waals surface area contributed by atoms with E-state index in [0.29, 0.717) is 16.9 Å². The van der Waals surface area contributed by atoms with Gasteiger partial charge < -0.3 is 14.8 Å². The number of esters is 1. The molecule has 6 heteroatoms. The Hall–Kier alpha value is -3.15. The molecule has 0 radical (unpaired) electrons. The summed E-state index contributed by atoms with van der Waals surface area (Å²) in [5, 5.41) is 2.45. The second-order valence-electron chi connectivity index (χ2n) is 5.55. The van der Waals surface area contributed by atoms with Gasteiger partial charge in [0.2, 0.25) is 0 Å². The second-order valence-corrected chi connectivity index (χ2v) is 5.55. The Bertz CT molecular complexity index is 783. The summed E-state index contributed by atoms with van der Waals surface area (Å²) >= 11 is 0. The number of carbonyl (C=O) groups is 3. The van der Waals surface area contributed by atoms with Crippen molar-refractivity contribution in [2.24, 2.45) is 0 Å². The zero-order chi connectivity index (χ0) is 18.9. The first-order chi connectivity index (χ1) is 12.5. The van der Waals surface area contributed by atoms with Gasteiger partial charge in [0.25, 0.3) is 5.91 Å². The van der Waals surface area contributed by atoms with Crippen molar-refractivity contribution in [1.82, 2.24) is 5.32 Å². The molecule has 0 aliphatic carbocycles.